The summed E-state index contributed by atoms with van der Waals surface area (Å²) in [5, 5.41) is 45.1. The average Bonchev–Trinajstić information content (AvgIpc) is 3.59. The van der Waals surface area contributed by atoms with Gasteiger partial charge in [0.1, 0.15) is 24.4 Å². The molecule has 7 aliphatic rings. The molecule has 0 aromatic heterocycles. The van der Waals surface area contributed by atoms with Crippen LogP contribution in [0.25, 0.3) is 0 Å². The molecule has 6 saturated heterocycles. The molecule has 6 fully saturated rings. The molecule has 334 valence electrons. The lowest BCUT2D eigenvalue weighted by Crippen LogP contribution is -2.60. The SMILES string of the molecule is C=C1[C@@H](O)[C@@H]2O[C@]3(CC[C@H](/C=C/[C@@H](C)[C@@H]4CC(C)=C[C@@]5(O[C@H](C[C@@](C)(O)C(=O)OC)CC[C@H]5O)O4)O3)CC[C@H]2O[C@@H]1[C@@H](O)C[C@H](C)[C@H]1O[C@]2(CC[C@H]1C)OCCC[C@H]2C. The topological polar surface area (TPSA) is 172 Å². The third-order valence-electron chi connectivity index (χ3n) is 14.7. The highest BCUT2D eigenvalue weighted by Crippen LogP contribution is 2.48. The second-order valence-electron chi connectivity index (χ2n) is 19.5. The summed E-state index contributed by atoms with van der Waals surface area (Å²) in [7, 11) is 1.24. The van der Waals surface area contributed by atoms with Crippen LogP contribution in [-0.4, -0.2) is 124 Å². The number of rotatable bonds is 10. The van der Waals surface area contributed by atoms with Crippen LogP contribution in [0.2, 0.25) is 0 Å². The first-order valence-corrected chi connectivity index (χ1v) is 22.5. The number of aliphatic hydroxyl groups excluding tert-OH is 3. The molecule has 18 atom stereocenters. The van der Waals surface area contributed by atoms with Crippen LogP contribution in [-0.2, 0) is 42.7 Å². The molecule has 7 aliphatic heterocycles. The summed E-state index contributed by atoms with van der Waals surface area (Å²) in [5.74, 6) is -2.90. The van der Waals surface area contributed by atoms with Crippen molar-refractivity contribution in [3.63, 3.8) is 0 Å². The molecule has 0 bridgehead atoms. The van der Waals surface area contributed by atoms with E-state index in [0.29, 0.717) is 62.4 Å². The molecule has 0 unspecified atom stereocenters. The van der Waals surface area contributed by atoms with Crippen LogP contribution < -0.4 is 0 Å². The first-order chi connectivity index (χ1) is 27.9. The Labute approximate surface area is 350 Å². The van der Waals surface area contributed by atoms with E-state index in [4.69, 9.17) is 37.9 Å². The van der Waals surface area contributed by atoms with E-state index in [1.54, 1.807) is 0 Å². The molecule has 0 aromatic carbocycles. The fourth-order valence-electron chi connectivity index (χ4n) is 11.1. The van der Waals surface area contributed by atoms with Gasteiger partial charge in [0.2, 0.25) is 5.79 Å². The molecule has 7 rings (SSSR count). The molecule has 0 radical (unpaired) electrons. The molecule has 0 amide bonds. The molecule has 4 N–H and O–H groups in total. The van der Waals surface area contributed by atoms with E-state index in [2.05, 4.69) is 40.3 Å². The second-order valence-corrected chi connectivity index (χ2v) is 19.5. The van der Waals surface area contributed by atoms with E-state index in [1.807, 2.05) is 19.1 Å². The molecule has 3 spiro atoms. The van der Waals surface area contributed by atoms with Crippen LogP contribution in [0.5, 0.6) is 0 Å². The highest BCUT2D eigenvalue weighted by Gasteiger charge is 2.55. The van der Waals surface area contributed by atoms with Crippen LogP contribution in [0.3, 0.4) is 0 Å². The number of carbonyl (C=O) groups is 1. The van der Waals surface area contributed by atoms with Gasteiger partial charge in [0, 0.05) is 37.5 Å². The number of esters is 1. The average molecular weight is 833 g/mol. The fraction of sp³-hybridized carbons (Fsp3) is 0.848. The summed E-state index contributed by atoms with van der Waals surface area (Å²) in [4.78, 5) is 12.2. The molecular formula is C46H72O13. The van der Waals surface area contributed by atoms with E-state index in [0.717, 1.165) is 44.3 Å². The van der Waals surface area contributed by atoms with Crippen LogP contribution in [0, 0.1) is 23.7 Å². The number of aliphatic hydroxyl groups is 4. The van der Waals surface area contributed by atoms with Crippen molar-refractivity contribution in [2.24, 2.45) is 23.7 Å². The van der Waals surface area contributed by atoms with Gasteiger partial charge in [0.15, 0.2) is 17.2 Å². The van der Waals surface area contributed by atoms with Crippen LogP contribution in [0.4, 0.5) is 0 Å². The Kier molecular flexibility index (Phi) is 13.7. The van der Waals surface area contributed by atoms with E-state index in [1.165, 1.54) is 14.0 Å². The zero-order chi connectivity index (χ0) is 42.5. The first-order valence-electron chi connectivity index (χ1n) is 22.5. The molecule has 59 heavy (non-hydrogen) atoms. The Morgan fingerprint density at radius 1 is 1.03 bits per heavy atom. The fourth-order valence-corrected chi connectivity index (χ4v) is 11.1. The van der Waals surface area contributed by atoms with Gasteiger partial charge in [-0.25, -0.2) is 4.79 Å². The van der Waals surface area contributed by atoms with Crippen molar-refractivity contribution in [3.8, 4) is 0 Å². The van der Waals surface area contributed by atoms with Crippen molar-refractivity contribution in [2.45, 2.75) is 209 Å². The van der Waals surface area contributed by atoms with Crippen molar-refractivity contribution in [1.29, 1.82) is 0 Å². The summed E-state index contributed by atoms with van der Waals surface area (Å²) in [5.41, 5.74) is -0.289. The predicted octanol–water partition coefficient (Wildman–Crippen LogP) is 5.55. The zero-order valence-electron chi connectivity index (χ0n) is 36.4. The van der Waals surface area contributed by atoms with Gasteiger partial charge >= 0.3 is 5.97 Å². The Bertz CT molecular complexity index is 1560. The Morgan fingerprint density at radius 3 is 2.54 bits per heavy atom. The van der Waals surface area contributed by atoms with Crippen LogP contribution >= 0.6 is 0 Å². The first kappa shape index (κ1) is 45.3. The summed E-state index contributed by atoms with van der Waals surface area (Å²) in [6.07, 6.45) is 8.92. The van der Waals surface area contributed by atoms with E-state index in [-0.39, 0.29) is 36.6 Å². The highest BCUT2D eigenvalue weighted by molar-refractivity contribution is 5.78. The van der Waals surface area contributed by atoms with Crippen molar-refractivity contribution < 1.29 is 63.1 Å². The third kappa shape index (κ3) is 9.32. The van der Waals surface area contributed by atoms with Crippen molar-refractivity contribution >= 4 is 5.97 Å². The zero-order valence-corrected chi connectivity index (χ0v) is 36.4. The molecule has 13 heteroatoms. The van der Waals surface area contributed by atoms with Crippen molar-refractivity contribution in [3.05, 3.63) is 36.0 Å². The molecule has 7 heterocycles. The summed E-state index contributed by atoms with van der Waals surface area (Å²) in [6, 6.07) is 0. The van der Waals surface area contributed by atoms with Gasteiger partial charge in [-0.3, -0.25) is 0 Å². The lowest BCUT2D eigenvalue weighted by molar-refractivity contribution is -0.334. The summed E-state index contributed by atoms with van der Waals surface area (Å²) < 4.78 is 50.5. The minimum atomic E-state index is -1.73. The van der Waals surface area contributed by atoms with Crippen LogP contribution in [0.15, 0.2) is 36.0 Å². The van der Waals surface area contributed by atoms with E-state index < -0.39 is 71.7 Å². The number of hydrogen-bond donors (Lipinski definition) is 4. The van der Waals surface area contributed by atoms with Crippen LogP contribution in [0.1, 0.15) is 125 Å². The predicted molar refractivity (Wildman–Crippen MR) is 217 cm³/mol. The number of fused-ring (bicyclic) bond motifs is 1. The Hall–Kier alpha value is -1.75. The normalized spacial score (nSPS) is 45.5. The lowest BCUT2D eigenvalue weighted by atomic mass is 9.78. The summed E-state index contributed by atoms with van der Waals surface area (Å²) >= 11 is 0. The Balaban J connectivity index is 0.921. The molecular weight excluding hydrogens is 760 g/mol. The Morgan fingerprint density at radius 2 is 1.80 bits per heavy atom. The highest BCUT2D eigenvalue weighted by atomic mass is 16.7. The number of carbonyl (C=O) groups excluding carboxylic acids is 1. The lowest BCUT2D eigenvalue weighted by Gasteiger charge is -2.51. The molecule has 0 saturated carbocycles. The molecule has 13 nitrogen and oxygen atoms in total. The third-order valence-corrected chi connectivity index (χ3v) is 14.7. The van der Waals surface area contributed by atoms with Gasteiger partial charge in [-0.1, -0.05) is 52.0 Å². The maximum absolute atomic E-state index is 12.2. The molecule has 0 aromatic rings. The largest absolute Gasteiger partial charge is 0.467 e. The monoisotopic (exact) mass is 832 g/mol. The van der Waals surface area contributed by atoms with Gasteiger partial charge in [0.05, 0.1) is 50.3 Å². The number of hydrogen-bond acceptors (Lipinski definition) is 13. The standard InChI is InChI=1S/C46H72O13/c1-26-22-36(57-46(24-26)37(48)14-13-33(56-46)25-43(7,51)42(50)52-8)27(2)11-12-32-16-18-44(55-32)19-17-35-41(58-44)38(49)31(6)40(54-35)34(47)23-29(4)39-28(3)15-20-45(59-39)30(5)10-9-21-53-45/h11-12,24,27-30,32-41,47-49,51H,6,9-10,13-23,25H2,1-5,7-8H3/b12-11+/t27-,28-,29+,30-,32+,33+,34+,35-,36+,37-,38-,39+,40+,41-,43-,44-,45+,46-/m1/s1. The van der Waals surface area contributed by atoms with Gasteiger partial charge in [-0.15, -0.1) is 0 Å². The van der Waals surface area contributed by atoms with Gasteiger partial charge in [-0.05, 0) is 95.1 Å². The smallest absolute Gasteiger partial charge is 0.337 e. The van der Waals surface area contributed by atoms with Crippen molar-refractivity contribution in [2.75, 3.05) is 13.7 Å². The quantitative estimate of drug-likeness (QED) is 0.160. The van der Waals surface area contributed by atoms with Gasteiger partial charge in [0.25, 0.3) is 0 Å². The van der Waals surface area contributed by atoms with Crippen molar-refractivity contribution in [1.82, 2.24) is 0 Å². The minimum Gasteiger partial charge on any atom is -0.467 e. The maximum Gasteiger partial charge on any atom is 0.337 e. The number of ether oxygens (including phenoxy) is 8. The second kappa shape index (κ2) is 17.8. The van der Waals surface area contributed by atoms with Gasteiger partial charge in [-0.2, -0.15) is 0 Å². The minimum absolute atomic E-state index is 0.0140. The molecule has 0 aliphatic carbocycles. The number of methoxy groups -OCH3 is 1. The van der Waals surface area contributed by atoms with E-state index in [9.17, 15) is 25.2 Å². The summed E-state index contributed by atoms with van der Waals surface area (Å²) in [6.45, 7) is 17.0. The van der Waals surface area contributed by atoms with E-state index >= 15 is 0 Å². The maximum atomic E-state index is 12.2. The van der Waals surface area contributed by atoms with Gasteiger partial charge < -0.3 is 58.3 Å².